The molecule has 102 valence electrons. The second kappa shape index (κ2) is 7.87. The Balaban J connectivity index is 2.42. The van der Waals surface area contributed by atoms with Gasteiger partial charge in [-0.2, -0.15) is 5.10 Å². The van der Waals surface area contributed by atoms with Crippen LogP contribution in [-0.2, 0) is 23.0 Å². The fraction of sp³-hybridized carbons (Fsp3) is 0.692. The van der Waals surface area contributed by atoms with Crippen LogP contribution in [0.1, 0.15) is 26.0 Å². The van der Waals surface area contributed by atoms with Gasteiger partial charge in [0.15, 0.2) is 0 Å². The van der Waals surface area contributed by atoms with Crippen molar-refractivity contribution in [3.05, 3.63) is 18.0 Å². The van der Waals surface area contributed by atoms with Gasteiger partial charge in [-0.3, -0.25) is 14.4 Å². The average molecular weight is 253 g/mol. The summed E-state index contributed by atoms with van der Waals surface area (Å²) in [6.07, 6.45) is 3.73. The van der Waals surface area contributed by atoms with E-state index in [-0.39, 0.29) is 5.97 Å². The highest BCUT2D eigenvalue weighted by molar-refractivity contribution is 5.71. The molecular formula is C13H23N3O2. The van der Waals surface area contributed by atoms with Gasteiger partial charge in [0.2, 0.25) is 0 Å². The number of nitrogens with zero attached hydrogens (tertiary/aromatic N) is 3. The Labute approximate surface area is 109 Å². The van der Waals surface area contributed by atoms with Crippen LogP contribution in [0.5, 0.6) is 0 Å². The van der Waals surface area contributed by atoms with E-state index < -0.39 is 0 Å². The maximum absolute atomic E-state index is 11.5. The number of esters is 1. The molecule has 0 N–H and O–H groups in total. The molecule has 1 rings (SSSR count). The first-order valence-electron chi connectivity index (χ1n) is 6.52. The van der Waals surface area contributed by atoms with Gasteiger partial charge in [-0.05, 0) is 26.0 Å². The van der Waals surface area contributed by atoms with Crippen molar-refractivity contribution in [3.8, 4) is 0 Å². The summed E-state index contributed by atoms with van der Waals surface area (Å²) in [6.45, 7) is 6.53. The summed E-state index contributed by atoms with van der Waals surface area (Å²) in [5.41, 5.74) is 1.18. The zero-order valence-electron chi connectivity index (χ0n) is 11.6. The van der Waals surface area contributed by atoms with E-state index >= 15 is 0 Å². The zero-order chi connectivity index (χ0) is 13.4. The number of carbonyl (C=O) groups is 1. The SMILES string of the molecule is CCCN(CCc1ccnn1C)CC(=O)OCC. The van der Waals surface area contributed by atoms with E-state index in [1.807, 2.05) is 24.7 Å². The number of aromatic nitrogens is 2. The lowest BCUT2D eigenvalue weighted by atomic mass is 10.2. The van der Waals surface area contributed by atoms with Crippen LogP contribution in [0.15, 0.2) is 12.3 Å². The molecule has 0 aliphatic carbocycles. The number of hydrogen-bond acceptors (Lipinski definition) is 4. The molecule has 0 fully saturated rings. The van der Waals surface area contributed by atoms with Crippen LogP contribution in [0.2, 0.25) is 0 Å². The second-order valence-electron chi connectivity index (χ2n) is 4.28. The van der Waals surface area contributed by atoms with Crippen molar-refractivity contribution >= 4 is 5.97 Å². The first kappa shape index (κ1) is 14.7. The molecule has 0 atom stereocenters. The molecule has 5 nitrogen and oxygen atoms in total. The van der Waals surface area contributed by atoms with Crippen molar-refractivity contribution in [3.63, 3.8) is 0 Å². The van der Waals surface area contributed by atoms with Gasteiger partial charge in [-0.25, -0.2) is 0 Å². The van der Waals surface area contributed by atoms with Crippen LogP contribution < -0.4 is 0 Å². The topological polar surface area (TPSA) is 47.4 Å². The predicted molar refractivity (Wildman–Crippen MR) is 70.3 cm³/mol. The third-order valence-electron chi connectivity index (χ3n) is 2.80. The smallest absolute Gasteiger partial charge is 0.320 e. The van der Waals surface area contributed by atoms with E-state index in [4.69, 9.17) is 4.74 Å². The Bertz CT molecular complexity index is 363. The standard InChI is InChI=1S/C13H23N3O2/c1-4-9-16(11-13(17)18-5-2)10-7-12-6-8-14-15(12)3/h6,8H,4-5,7,9-11H2,1-3H3. The normalized spacial score (nSPS) is 10.9. The molecule has 5 heteroatoms. The summed E-state index contributed by atoms with van der Waals surface area (Å²) in [7, 11) is 1.94. The average Bonchev–Trinajstić information content (AvgIpc) is 2.72. The van der Waals surface area contributed by atoms with E-state index in [0.717, 1.165) is 25.9 Å². The van der Waals surface area contributed by atoms with Crippen LogP contribution in [0.3, 0.4) is 0 Å². The van der Waals surface area contributed by atoms with Crippen LogP contribution in [0, 0.1) is 0 Å². The Morgan fingerprint density at radius 1 is 1.44 bits per heavy atom. The molecule has 0 aliphatic rings. The molecule has 0 saturated heterocycles. The summed E-state index contributed by atoms with van der Waals surface area (Å²) in [6, 6.07) is 2.01. The molecule has 1 aromatic rings. The van der Waals surface area contributed by atoms with Gasteiger partial charge in [0.05, 0.1) is 13.2 Å². The number of hydrogen-bond donors (Lipinski definition) is 0. The zero-order valence-corrected chi connectivity index (χ0v) is 11.6. The van der Waals surface area contributed by atoms with Crippen LogP contribution in [0.25, 0.3) is 0 Å². The fourth-order valence-corrected chi connectivity index (χ4v) is 1.89. The molecule has 0 aromatic carbocycles. The minimum absolute atomic E-state index is 0.143. The van der Waals surface area contributed by atoms with Gasteiger partial charge >= 0.3 is 5.97 Å². The van der Waals surface area contributed by atoms with Gasteiger partial charge < -0.3 is 4.74 Å². The lowest BCUT2D eigenvalue weighted by Crippen LogP contribution is -2.33. The van der Waals surface area contributed by atoms with Gasteiger partial charge in [0, 0.05) is 31.9 Å². The summed E-state index contributed by atoms with van der Waals surface area (Å²) >= 11 is 0. The van der Waals surface area contributed by atoms with Crippen molar-refractivity contribution in [1.82, 2.24) is 14.7 Å². The molecule has 1 aromatic heterocycles. The molecule has 0 bridgehead atoms. The fourth-order valence-electron chi connectivity index (χ4n) is 1.89. The quantitative estimate of drug-likeness (QED) is 0.654. The Morgan fingerprint density at radius 3 is 2.78 bits per heavy atom. The van der Waals surface area contributed by atoms with Crippen LogP contribution in [0.4, 0.5) is 0 Å². The highest BCUT2D eigenvalue weighted by atomic mass is 16.5. The Hall–Kier alpha value is -1.36. The van der Waals surface area contributed by atoms with E-state index in [2.05, 4.69) is 16.9 Å². The lowest BCUT2D eigenvalue weighted by Gasteiger charge is -2.20. The van der Waals surface area contributed by atoms with Gasteiger partial charge in [-0.15, -0.1) is 0 Å². The lowest BCUT2D eigenvalue weighted by molar-refractivity contribution is -0.144. The van der Waals surface area contributed by atoms with Gasteiger partial charge in [0.25, 0.3) is 0 Å². The number of rotatable bonds is 8. The maximum Gasteiger partial charge on any atom is 0.320 e. The second-order valence-corrected chi connectivity index (χ2v) is 4.28. The molecule has 0 radical (unpaired) electrons. The third kappa shape index (κ3) is 4.87. The first-order valence-corrected chi connectivity index (χ1v) is 6.52. The minimum atomic E-state index is -0.143. The largest absolute Gasteiger partial charge is 0.465 e. The van der Waals surface area contributed by atoms with Crippen molar-refractivity contribution in [2.45, 2.75) is 26.7 Å². The summed E-state index contributed by atoms with van der Waals surface area (Å²) in [5.74, 6) is -0.143. The Morgan fingerprint density at radius 2 is 2.22 bits per heavy atom. The molecule has 0 aliphatic heterocycles. The number of aryl methyl sites for hydroxylation is 1. The number of carbonyl (C=O) groups excluding carboxylic acids is 1. The van der Waals surface area contributed by atoms with Crippen molar-refractivity contribution in [2.24, 2.45) is 7.05 Å². The molecule has 0 saturated carbocycles. The maximum atomic E-state index is 11.5. The molecule has 0 unspecified atom stereocenters. The molecule has 0 spiro atoms. The molecular weight excluding hydrogens is 230 g/mol. The van der Waals surface area contributed by atoms with Crippen molar-refractivity contribution in [1.29, 1.82) is 0 Å². The van der Waals surface area contributed by atoms with E-state index in [9.17, 15) is 4.79 Å². The highest BCUT2D eigenvalue weighted by Gasteiger charge is 2.11. The molecule has 1 heterocycles. The third-order valence-corrected chi connectivity index (χ3v) is 2.80. The molecule has 0 amide bonds. The summed E-state index contributed by atoms with van der Waals surface area (Å²) in [4.78, 5) is 13.6. The van der Waals surface area contributed by atoms with E-state index in [1.54, 1.807) is 6.20 Å². The molecule has 18 heavy (non-hydrogen) atoms. The highest BCUT2D eigenvalue weighted by Crippen LogP contribution is 2.01. The minimum Gasteiger partial charge on any atom is -0.465 e. The van der Waals surface area contributed by atoms with Crippen molar-refractivity contribution in [2.75, 3.05) is 26.2 Å². The van der Waals surface area contributed by atoms with Gasteiger partial charge in [-0.1, -0.05) is 6.92 Å². The van der Waals surface area contributed by atoms with Gasteiger partial charge in [0.1, 0.15) is 0 Å². The Kier molecular flexibility index (Phi) is 6.43. The summed E-state index contributed by atoms with van der Waals surface area (Å²) < 4.78 is 6.85. The summed E-state index contributed by atoms with van der Waals surface area (Å²) in [5, 5.41) is 4.14. The van der Waals surface area contributed by atoms with Crippen LogP contribution in [-0.4, -0.2) is 46.9 Å². The number of ether oxygens (including phenoxy) is 1. The van der Waals surface area contributed by atoms with E-state index in [1.165, 1.54) is 5.69 Å². The van der Waals surface area contributed by atoms with Crippen LogP contribution >= 0.6 is 0 Å². The first-order chi connectivity index (χ1) is 8.67. The monoisotopic (exact) mass is 253 g/mol. The predicted octanol–water partition coefficient (Wildman–Crippen LogP) is 1.24. The van der Waals surface area contributed by atoms with Crippen molar-refractivity contribution < 1.29 is 9.53 Å². The van der Waals surface area contributed by atoms with E-state index in [0.29, 0.717) is 13.2 Å².